The normalized spacial score (nSPS) is 9.38. The van der Waals surface area contributed by atoms with Crippen molar-refractivity contribution in [1.29, 1.82) is 0 Å². The zero-order valence-corrected chi connectivity index (χ0v) is 7.16. The SMILES string of the molecule is O=C(F)N(C(=O)Cl)c1ccccc1. The fourth-order valence-corrected chi connectivity index (χ4v) is 1.01. The number of benzene rings is 1. The highest BCUT2D eigenvalue weighted by Gasteiger charge is 2.20. The molecule has 0 aliphatic rings. The molecule has 5 heteroatoms. The van der Waals surface area contributed by atoms with Crippen LogP contribution in [0.5, 0.6) is 0 Å². The van der Waals surface area contributed by atoms with Crippen LogP contribution in [0.2, 0.25) is 0 Å². The zero-order valence-electron chi connectivity index (χ0n) is 6.41. The van der Waals surface area contributed by atoms with Crippen LogP contribution in [0.15, 0.2) is 30.3 Å². The van der Waals surface area contributed by atoms with E-state index in [2.05, 4.69) is 0 Å². The number of hydrogen-bond acceptors (Lipinski definition) is 2. The monoisotopic (exact) mass is 201 g/mol. The molecule has 1 rings (SSSR count). The minimum atomic E-state index is -1.90. The second kappa shape index (κ2) is 4.00. The number of imide groups is 1. The molecule has 2 amide bonds. The summed E-state index contributed by atoms with van der Waals surface area (Å²) in [6, 6.07) is 7.59. The average molecular weight is 202 g/mol. The summed E-state index contributed by atoms with van der Waals surface area (Å²) in [6.45, 7) is 0. The predicted molar refractivity (Wildman–Crippen MR) is 46.7 cm³/mol. The van der Waals surface area contributed by atoms with Gasteiger partial charge in [-0.05, 0) is 23.7 Å². The van der Waals surface area contributed by atoms with Crippen molar-refractivity contribution in [3.05, 3.63) is 30.3 Å². The third-order valence-corrected chi connectivity index (χ3v) is 1.54. The summed E-state index contributed by atoms with van der Waals surface area (Å²) in [5, 5.41) is -1.17. The number of anilines is 1. The first-order chi connectivity index (χ1) is 6.13. The molecule has 0 saturated carbocycles. The first kappa shape index (κ1) is 9.67. The smallest absolute Gasteiger partial charge is 0.254 e. The molecule has 0 unspecified atom stereocenters. The molecule has 0 aliphatic heterocycles. The highest BCUT2D eigenvalue weighted by atomic mass is 35.5. The Balaban J connectivity index is 3.03. The minimum absolute atomic E-state index is 0.106. The van der Waals surface area contributed by atoms with Gasteiger partial charge in [-0.1, -0.05) is 18.2 Å². The van der Waals surface area contributed by atoms with E-state index in [9.17, 15) is 14.0 Å². The van der Waals surface area contributed by atoms with E-state index in [1.165, 1.54) is 12.1 Å². The lowest BCUT2D eigenvalue weighted by atomic mass is 10.3. The molecule has 0 aromatic heterocycles. The minimum Gasteiger partial charge on any atom is -0.254 e. The average Bonchev–Trinajstić information content (AvgIpc) is 2.04. The van der Waals surface area contributed by atoms with Crippen LogP contribution in [0.1, 0.15) is 0 Å². The lowest BCUT2D eigenvalue weighted by Crippen LogP contribution is -2.28. The fourth-order valence-electron chi connectivity index (χ4n) is 0.849. The quantitative estimate of drug-likeness (QED) is 0.518. The number of hydrogen-bond donors (Lipinski definition) is 0. The van der Waals surface area contributed by atoms with Gasteiger partial charge in [-0.25, -0.2) is 9.69 Å². The van der Waals surface area contributed by atoms with E-state index in [1.54, 1.807) is 18.2 Å². The Bertz CT molecular complexity index is 314. The second-order valence-electron chi connectivity index (χ2n) is 2.18. The summed E-state index contributed by atoms with van der Waals surface area (Å²) in [5.41, 5.74) is 0.106. The van der Waals surface area contributed by atoms with Crippen molar-refractivity contribution >= 4 is 28.8 Å². The molecule has 0 fully saturated rings. The Kier molecular flexibility index (Phi) is 2.97. The van der Waals surface area contributed by atoms with E-state index < -0.39 is 11.5 Å². The Labute approximate surface area is 78.7 Å². The van der Waals surface area contributed by atoms with Crippen LogP contribution in [0, 0.1) is 0 Å². The lowest BCUT2D eigenvalue weighted by Gasteiger charge is -2.11. The van der Waals surface area contributed by atoms with E-state index in [4.69, 9.17) is 11.6 Å². The molecule has 0 bridgehead atoms. The Hall–Kier alpha value is -1.42. The molecule has 13 heavy (non-hydrogen) atoms. The van der Waals surface area contributed by atoms with Crippen molar-refractivity contribution in [1.82, 2.24) is 0 Å². The number of rotatable bonds is 1. The van der Waals surface area contributed by atoms with E-state index in [1.807, 2.05) is 0 Å². The van der Waals surface area contributed by atoms with E-state index >= 15 is 0 Å². The van der Waals surface area contributed by atoms with Crippen molar-refractivity contribution in [2.75, 3.05) is 4.90 Å². The summed E-state index contributed by atoms with van der Waals surface area (Å²) in [5.74, 6) is 0. The standard InChI is InChI=1S/C8H5ClFNO2/c9-7(12)11(8(10)13)6-4-2-1-3-5-6/h1-5H. The first-order valence-electron chi connectivity index (χ1n) is 3.37. The maximum Gasteiger partial charge on any atom is 0.412 e. The van der Waals surface area contributed by atoms with Crippen LogP contribution in [0.25, 0.3) is 0 Å². The summed E-state index contributed by atoms with van der Waals surface area (Å²) in [4.78, 5) is 21.2. The molecule has 3 nitrogen and oxygen atoms in total. The molecular formula is C8H5ClFNO2. The number of carbonyl (C=O) groups excluding carboxylic acids is 2. The highest BCUT2D eigenvalue weighted by molar-refractivity contribution is 6.68. The van der Waals surface area contributed by atoms with Gasteiger partial charge in [0.25, 0.3) is 0 Å². The van der Waals surface area contributed by atoms with Crippen LogP contribution >= 0.6 is 11.6 Å². The first-order valence-corrected chi connectivity index (χ1v) is 3.75. The van der Waals surface area contributed by atoms with Gasteiger partial charge in [0.05, 0.1) is 5.69 Å². The summed E-state index contributed by atoms with van der Waals surface area (Å²) < 4.78 is 12.3. The van der Waals surface area contributed by atoms with Gasteiger partial charge in [0.2, 0.25) is 0 Å². The molecule has 0 spiro atoms. The van der Waals surface area contributed by atoms with Crippen LogP contribution in [0.3, 0.4) is 0 Å². The molecule has 1 aromatic carbocycles. The van der Waals surface area contributed by atoms with Crippen molar-refractivity contribution < 1.29 is 14.0 Å². The Morgan fingerprint density at radius 3 is 2.15 bits per heavy atom. The Morgan fingerprint density at radius 1 is 1.23 bits per heavy atom. The Morgan fingerprint density at radius 2 is 1.77 bits per heavy atom. The van der Waals surface area contributed by atoms with Crippen molar-refractivity contribution in [3.8, 4) is 0 Å². The molecule has 0 N–H and O–H groups in total. The molecular weight excluding hydrogens is 197 g/mol. The van der Waals surface area contributed by atoms with Crippen molar-refractivity contribution in [2.24, 2.45) is 0 Å². The van der Waals surface area contributed by atoms with Gasteiger partial charge < -0.3 is 0 Å². The van der Waals surface area contributed by atoms with Gasteiger partial charge in [-0.15, -0.1) is 4.39 Å². The van der Waals surface area contributed by atoms with Gasteiger partial charge in [-0.2, -0.15) is 0 Å². The van der Waals surface area contributed by atoms with E-state index in [0.29, 0.717) is 0 Å². The fraction of sp³-hybridized carbons (Fsp3) is 0. The highest BCUT2D eigenvalue weighted by Crippen LogP contribution is 2.16. The van der Waals surface area contributed by atoms with Crippen LogP contribution in [-0.4, -0.2) is 11.5 Å². The molecule has 0 heterocycles. The number of nitrogens with zero attached hydrogens (tertiary/aromatic N) is 1. The largest absolute Gasteiger partial charge is 0.412 e. The summed E-state index contributed by atoms with van der Waals surface area (Å²) in [7, 11) is 0. The molecule has 0 saturated heterocycles. The van der Waals surface area contributed by atoms with Crippen LogP contribution < -0.4 is 4.90 Å². The van der Waals surface area contributed by atoms with Gasteiger partial charge in [0.1, 0.15) is 0 Å². The third kappa shape index (κ3) is 2.26. The topological polar surface area (TPSA) is 37.4 Å². The number of carbonyl (C=O) groups is 2. The van der Waals surface area contributed by atoms with Gasteiger partial charge in [-0.3, -0.25) is 4.79 Å². The predicted octanol–water partition coefficient (Wildman–Crippen LogP) is 2.94. The van der Waals surface area contributed by atoms with Crippen LogP contribution in [-0.2, 0) is 0 Å². The molecule has 0 aliphatic carbocycles. The maximum absolute atomic E-state index is 12.3. The van der Waals surface area contributed by atoms with Crippen molar-refractivity contribution in [3.63, 3.8) is 0 Å². The van der Waals surface area contributed by atoms with Gasteiger partial charge >= 0.3 is 11.5 Å². The van der Waals surface area contributed by atoms with Gasteiger partial charge in [0, 0.05) is 0 Å². The van der Waals surface area contributed by atoms with E-state index in [0.717, 1.165) is 0 Å². The maximum atomic E-state index is 12.3. The molecule has 0 radical (unpaired) electrons. The van der Waals surface area contributed by atoms with Crippen LogP contribution in [0.4, 0.5) is 19.7 Å². The third-order valence-electron chi connectivity index (χ3n) is 1.37. The summed E-state index contributed by atoms with van der Waals surface area (Å²) in [6.07, 6.45) is -1.90. The second-order valence-corrected chi connectivity index (χ2v) is 2.50. The molecule has 68 valence electrons. The summed E-state index contributed by atoms with van der Waals surface area (Å²) >= 11 is 5.00. The molecule has 0 atom stereocenters. The zero-order chi connectivity index (χ0) is 9.84. The number of amides is 2. The van der Waals surface area contributed by atoms with Crippen molar-refractivity contribution in [2.45, 2.75) is 0 Å². The number of para-hydroxylation sites is 1. The number of halogens is 2. The van der Waals surface area contributed by atoms with E-state index in [-0.39, 0.29) is 10.6 Å². The molecule has 1 aromatic rings. The van der Waals surface area contributed by atoms with Gasteiger partial charge in [0.15, 0.2) is 0 Å². The lowest BCUT2D eigenvalue weighted by molar-refractivity contribution is 0.226.